The van der Waals surface area contributed by atoms with Crippen LogP contribution in [0.2, 0.25) is 0 Å². The quantitative estimate of drug-likeness (QED) is 0.585. The van der Waals surface area contributed by atoms with E-state index in [4.69, 9.17) is 36.1 Å². The van der Waals surface area contributed by atoms with E-state index in [9.17, 15) is 9.69 Å². The number of hydrogen-bond acceptors (Lipinski definition) is 9. The third kappa shape index (κ3) is 3.01. The van der Waals surface area contributed by atoms with Gasteiger partial charge in [0.15, 0.2) is 17.4 Å². The second-order valence-corrected chi connectivity index (χ2v) is 9.36. The van der Waals surface area contributed by atoms with Gasteiger partial charge in [-0.05, 0) is 18.2 Å². The average Bonchev–Trinajstić information content (AvgIpc) is 3.09. The molecule has 4 rings (SSSR count). The first-order valence-corrected chi connectivity index (χ1v) is 11.0. The zero-order valence-corrected chi connectivity index (χ0v) is 16.4. The van der Waals surface area contributed by atoms with Gasteiger partial charge in [0.2, 0.25) is 5.95 Å². The van der Waals surface area contributed by atoms with Gasteiger partial charge in [0.25, 0.3) is 5.56 Å². The van der Waals surface area contributed by atoms with Gasteiger partial charge in [-0.25, -0.2) is 4.98 Å². The maximum Gasteiger partial charge on any atom is 0.324 e. The maximum absolute atomic E-state index is 12.1. The molecule has 2 aliphatic rings. The van der Waals surface area contributed by atoms with Crippen molar-refractivity contribution in [3.8, 4) is 0 Å². The number of nitrogen functional groups attached to an aromatic ring is 1. The highest BCUT2D eigenvalue weighted by molar-refractivity contribution is 8.07. The maximum atomic E-state index is 12.1. The summed E-state index contributed by atoms with van der Waals surface area (Å²) in [4.78, 5) is 33.0. The summed E-state index contributed by atoms with van der Waals surface area (Å²) in [5, 5.41) is 0. The van der Waals surface area contributed by atoms with E-state index in [1.54, 1.807) is 4.57 Å². The summed E-state index contributed by atoms with van der Waals surface area (Å²) in [5.41, 5.74) is 4.93. The number of imidazole rings is 1. The molecular weight excluding hydrogens is 397 g/mol. The van der Waals surface area contributed by atoms with Crippen LogP contribution in [0.4, 0.5) is 5.95 Å². The molecule has 4 heterocycles. The third-order valence-electron chi connectivity index (χ3n) is 5.09. The van der Waals surface area contributed by atoms with E-state index in [1.807, 2.05) is 6.92 Å². The molecule has 0 spiro atoms. The van der Waals surface area contributed by atoms with E-state index in [2.05, 4.69) is 15.0 Å². The molecule has 0 radical (unpaired) electrons. The lowest BCUT2D eigenvalue weighted by atomic mass is 9.87. The van der Waals surface area contributed by atoms with E-state index in [0.717, 1.165) is 0 Å². The van der Waals surface area contributed by atoms with Crippen LogP contribution in [0.1, 0.15) is 26.0 Å². The van der Waals surface area contributed by atoms with Gasteiger partial charge < -0.3 is 24.6 Å². The number of nitrogens with one attached hydrogen (secondary N) is 1. The van der Waals surface area contributed by atoms with Crippen molar-refractivity contribution < 1.29 is 23.4 Å². The lowest BCUT2D eigenvalue weighted by molar-refractivity contribution is -0.116. The van der Waals surface area contributed by atoms with Crippen molar-refractivity contribution in [2.45, 2.75) is 43.8 Å². The molecule has 0 amide bonds. The van der Waals surface area contributed by atoms with Crippen molar-refractivity contribution in [2.75, 3.05) is 19.5 Å². The molecule has 2 saturated heterocycles. The Morgan fingerprint density at radius 2 is 2.41 bits per heavy atom. The van der Waals surface area contributed by atoms with E-state index in [1.165, 1.54) is 13.4 Å². The molecular formula is C14H20N5O6PS. The highest BCUT2D eigenvalue weighted by atomic mass is 32.5. The first kappa shape index (κ1) is 18.9. The van der Waals surface area contributed by atoms with E-state index >= 15 is 0 Å². The van der Waals surface area contributed by atoms with Crippen LogP contribution >= 0.6 is 6.72 Å². The minimum Gasteiger partial charge on any atom is -0.371 e. The van der Waals surface area contributed by atoms with Gasteiger partial charge in [-0.3, -0.25) is 18.9 Å². The Morgan fingerprint density at radius 1 is 1.63 bits per heavy atom. The zero-order chi connectivity index (χ0) is 19.4. The number of anilines is 1. The van der Waals surface area contributed by atoms with Crippen molar-refractivity contribution in [1.82, 2.24) is 19.5 Å². The number of rotatable bonds is 5. The summed E-state index contributed by atoms with van der Waals surface area (Å²) in [6.45, 7) is -1.02. The van der Waals surface area contributed by atoms with E-state index < -0.39 is 36.3 Å². The van der Waals surface area contributed by atoms with E-state index in [-0.39, 0.29) is 17.1 Å². The fourth-order valence-corrected chi connectivity index (χ4v) is 4.67. The molecule has 2 fully saturated rings. The molecule has 2 aromatic rings. The molecule has 27 heavy (non-hydrogen) atoms. The van der Waals surface area contributed by atoms with Crippen LogP contribution in [0.5, 0.6) is 0 Å². The second-order valence-electron chi connectivity index (χ2n) is 6.46. The molecule has 11 nitrogen and oxygen atoms in total. The predicted octanol–water partition coefficient (Wildman–Crippen LogP) is 0.417. The number of H-pyrrole nitrogens is 1. The fraction of sp³-hybridized carbons (Fsp3) is 0.643. The Morgan fingerprint density at radius 3 is 3.11 bits per heavy atom. The lowest BCUT2D eigenvalue weighted by Crippen LogP contribution is -2.49. The summed E-state index contributed by atoms with van der Waals surface area (Å²) in [6, 6.07) is 0. The Bertz CT molecular complexity index is 981. The largest absolute Gasteiger partial charge is 0.371 e. The monoisotopic (exact) mass is 417 g/mol. The molecule has 5 atom stereocenters. The summed E-state index contributed by atoms with van der Waals surface area (Å²) >= 11 is 5.02. The lowest BCUT2D eigenvalue weighted by Gasteiger charge is -2.38. The first-order chi connectivity index (χ1) is 12.8. The van der Waals surface area contributed by atoms with Crippen molar-refractivity contribution >= 4 is 35.6 Å². The average molecular weight is 417 g/mol. The van der Waals surface area contributed by atoms with Gasteiger partial charge in [0.05, 0.1) is 12.9 Å². The molecule has 0 saturated carbocycles. The molecule has 13 heteroatoms. The minimum atomic E-state index is -3.44. The number of aromatic nitrogens is 4. The molecule has 3 unspecified atom stereocenters. The molecule has 4 N–H and O–H groups in total. The van der Waals surface area contributed by atoms with Crippen LogP contribution in [0.25, 0.3) is 11.2 Å². The Hall–Kier alpha value is -1.40. The van der Waals surface area contributed by atoms with Gasteiger partial charge in [-0.2, -0.15) is 4.98 Å². The Labute approximate surface area is 159 Å². The van der Waals surface area contributed by atoms with Crippen LogP contribution in [-0.2, 0) is 30.3 Å². The number of nitrogens with two attached hydrogens (primary N) is 1. The molecule has 0 aliphatic carbocycles. The molecule has 2 aliphatic heterocycles. The van der Waals surface area contributed by atoms with Crippen LogP contribution in [-0.4, -0.2) is 55.9 Å². The van der Waals surface area contributed by atoms with Crippen LogP contribution in [0, 0.1) is 0 Å². The summed E-state index contributed by atoms with van der Waals surface area (Å²) < 4.78 is 24.5. The van der Waals surface area contributed by atoms with Crippen molar-refractivity contribution in [3.05, 3.63) is 16.7 Å². The molecule has 2 bridgehead atoms. The predicted molar refractivity (Wildman–Crippen MR) is 98.4 cm³/mol. The van der Waals surface area contributed by atoms with E-state index in [0.29, 0.717) is 19.4 Å². The number of ether oxygens (including phenoxy) is 2. The van der Waals surface area contributed by atoms with Crippen molar-refractivity contribution in [3.63, 3.8) is 0 Å². The highest BCUT2D eigenvalue weighted by Gasteiger charge is 2.60. The van der Waals surface area contributed by atoms with Crippen molar-refractivity contribution in [1.29, 1.82) is 0 Å². The molecule has 2 aromatic heterocycles. The zero-order valence-electron chi connectivity index (χ0n) is 14.7. The normalized spacial score (nSPS) is 32.6. The Kier molecular flexibility index (Phi) is 4.62. The number of fused-ring (bicyclic) bond motifs is 3. The summed E-state index contributed by atoms with van der Waals surface area (Å²) in [7, 11) is 1.30. The SMILES string of the molecule is CCC12CCO[C@@H](C1OP(O)(=S)OC)[C@H](n1cnc3c(=O)[nH]c(N)nc31)O2. The molecule has 148 valence electrons. The highest BCUT2D eigenvalue weighted by Crippen LogP contribution is 2.55. The topological polar surface area (TPSA) is 147 Å². The van der Waals surface area contributed by atoms with Gasteiger partial charge >= 0.3 is 6.72 Å². The van der Waals surface area contributed by atoms with Crippen molar-refractivity contribution in [2.24, 2.45) is 0 Å². The summed E-state index contributed by atoms with van der Waals surface area (Å²) in [5.74, 6) is -0.0283. The third-order valence-corrected chi connectivity index (χ3v) is 6.75. The van der Waals surface area contributed by atoms with Gasteiger partial charge in [0, 0.05) is 13.5 Å². The smallest absolute Gasteiger partial charge is 0.324 e. The second kappa shape index (κ2) is 6.59. The first-order valence-electron chi connectivity index (χ1n) is 8.39. The minimum absolute atomic E-state index is 0.0283. The van der Waals surface area contributed by atoms with Gasteiger partial charge in [0.1, 0.15) is 17.8 Å². The van der Waals surface area contributed by atoms with Gasteiger partial charge in [-0.15, -0.1) is 0 Å². The summed E-state index contributed by atoms with van der Waals surface area (Å²) in [6.07, 6.45) is 0.700. The van der Waals surface area contributed by atoms with Crippen LogP contribution in [0.15, 0.2) is 11.1 Å². The van der Waals surface area contributed by atoms with Crippen LogP contribution < -0.4 is 11.3 Å². The fourth-order valence-electron chi connectivity index (χ4n) is 3.71. The molecule has 0 aromatic carbocycles. The van der Waals surface area contributed by atoms with Crippen LogP contribution in [0.3, 0.4) is 0 Å². The van der Waals surface area contributed by atoms with Gasteiger partial charge in [-0.1, -0.05) is 6.92 Å². The number of hydrogen-bond donors (Lipinski definition) is 3. The number of aromatic amines is 1. The number of nitrogens with zero attached hydrogens (tertiary/aromatic N) is 3. The Balaban J connectivity index is 1.79. The standard InChI is InChI=1S/C14H20N5O6PS/c1-3-14-4-5-23-8(9(14)25-26(21,27)22-2)12(24-14)19-6-16-7-10(19)17-13(15)18-11(7)20/h6,8-9,12H,3-5H2,1-2H3,(H,21,27)(H3,15,17,18,20)/t8-,9?,12+,14?,26?/m0/s1.